The molecule has 0 radical (unpaired) electrons. The first-order valence-electron chi connectivity index (χ1n) is 13.5. The molecule has 0 unspecified atom stereocenters. The third-order valence-corrected chi connectivity index (χ3v) is 7.52. The van der Waals surface area contributed by atoms with Gasteiger partial charge in [0.2, 0.25) is 5.69 Å². The molecule has 0 spiro atoms. The van der Waals surface area contributed by atoms with E-state index >= 15 is 0 Å². The third kappa shape index (κ3) is 4.71. The quantitative estimate of drug-likeness (QED) is 0.175. The molecule has 0 bridgehead atoms. The highest BCUT2D eigenvalue weighted by Crippen LogP contribution is 2.38. The normalized spacial score (nSPS) is 13.2. The molecule has 0 aliphatic heterocycles. The van der Waals surface area contributed by atoms with Gasteiger partial charge < -0.3 is 15.2 Å². The lowest BCUT2D eigenvalue weighted by Crippen LogP contribution is -2.18. The van der Waals surface area contributed by atoms with E-state index < -0.39 is 0 Å². The van der Waals surface area contributed by atoms with E-state index in [2.05, 4.69) is 50.9 Å². The van der Waals surface area contributed by atoms with Crippen molar-refractivity contribution in [1.29, 1.82) is 0 Å². The lowest BCUT2D eigenvalue weighted by atomic mass is 9.93. The number of carbonyl (C=O) groups is 1. The number of nitrogens with two attached hydrogens (primary N) is 1. The molecule has 40 heavy (non-hydrogen) atoms. The van der Waals surface area contributed by atoms with E-state index in [0.29, 0.717) is 35.5 Å². The minimum atomic E-state index is -0.356. The Morgan fingerprint density at radius 2 is 1.90 bits per heavy atom. The van der Waals surface area contributed by atoms with Gasteiger partial charge in [-0.2, -0.15) is 5.10 Å². The molecule has 0 amide bonds. The van der Waals surface area contributed by atoms with Gasteiger partial charge in [-0.25, -0.2) is 9.83 Å². The van der Waals surface area contributed by atoms with Gasteiger partial charge in [0.15, 0.2) is 0 Å². The molecule has 2 heterocycles. The van der Waals surface area contributed by atoms with Gasteiger partial charge in [-0.3, -0.25) is 9.48 Å². The van der Waals surface area contributed by atoms with Crippen LogP contribution in [0.1, 0.15) is 43.5 Å². The van der Waals surface area contributed by atoms with Gasteiger partial charge >= 0.3 is 5.97 Å². The van der Waals surface area contributed by atoms with E-state index in [4.69, 9.17) is 26.9 Å². The maximum Gasteiger partial charge on any atom is 0.310 e. The molecule has 0 saturated heterocycles. The van der Waals surface area contributed by atoms with Gasteiger partial charge in [0.1, 0.15) is 23.9 Å². The minimum absolute atomic E-state index is 0.0356. The van der Waals surface area contributed by atoms with Crippen LogP contribution in [0.15, 0.2) is 66.9 Å². The Kier molecular flexibility index (Phi) is 6.79. The van der Waals surface area contributed by atoms with E-state index in [1.165, 1.54) is 6.42 Å². The van der Waals surface area contributed by atoms with Crippen LogP contribution in [0.5, 0.6) is 5.75 Å². The zero-order valence-electron chi connectivity index (χ0n) is 22.3. The average molecular weight is 532 g/mol. The van der Waals surface area contributed by atoms with Crippen LogP contribution in [-0.4, -0.2) is 27.3 Å². The van der Waals surface area contributed by atoms with Gasteiger partial charge in [0, 0.05) is 17.0 Å². The summed E-state index contributed by atoms with van der Waals surface area (Å²) in [5, 5.41) is 7.95. The first kappa shape index (κ1) is 25.4. The lowest BCUT2D eigenvalue weighted by molar-refractivity contribution is -0.142. The Bertz CT molecular complexity index is 1780. The minimum Gasteiger partial charge on any atom is -0.498 e. The molecule has 1 aliphatic carbocycles. The number of aromatic nitrogens is 3. The molecule has 2 aromatic heterocycles. The number of benzene rings is 3. The second-order valence-electron chi connectivity index (χ2n) is 9.99. The predicted octanol–water partition coefficient (Wildman–Crippen LogP) is 6.79. The molecular weight excluding hydrogens is 502 g/mol. The van der Waals surface area contributed by atoms with Crippen molar-refractivity contribution < 1.29 is 14.3 Å². The highest BCUT2D eigenvalue weighted by Gasteiger charge is 2.24. The standard InChI is InChI=1S/C32H29N5O3/c1-3-39-30(38)18-23-6-4-9-27(34-2)31(23)40-19-28-26-17-22(12-13-29(26)37(36-28)24-7-5-8-24)21-11-10-20-14-15-35-32(33)25(20)16-21/h4,6,9-17,24H,3,5,7-8,18-19H2,1H3,(H2,33,35). The second kappa shape index (κ2) is 10.7. The summed E-state index contributed by atoms with van der Waals surface area (Å²) in [6.07, 6.45) is 5.14. The summed E-state index contributed by atoms with van der Waals surface area (Å²) in [6, 6.07) is 20.2. The zero-order valence-corrected chi connectivity index (χ0v) is 22.3. The number of rotatable bonds is 8. The van der Waals surface area contributed by atoms with Crippen molar-refractivity contribution in [1.82, 2.24) is 14.8 Å². The lowest BCUT2D eigenvalue weighted by Gasteiger charge is -2.26. The molecule has 3 aromatic carbocycles. The van der Waals surface area contributed by atoms with Crippen molar-refractivity contribution in [3.8, 4) is 16.9 Å². The summed E-state index contributed by atoms with van der Waals surface area (Å²) in [7, 11) is 0. The summed E-state index contributed by atoms with van der Waals surface area (Å²) >= 11 is 0. The molecule has 6 rings (SSSR count). The van der Waals surface area contributed by atoms with Crippen molar-refractivity contribution in [3.05, 3.63) is 89.5 Å². The van der Waals surface area contributed by atoms with Crippen LogP contribution < -0.4 is 10.5 Å². The number of para-hydroxylation sites is 1. The number of carbonyl (C=O) groups excluding carboxylic acids is 1. The second-order valence-corrected chi connectivity index (χ2v) is 9.99. The van der Waals surface area contributed by atoms with Crippen molar-refractivity contribution in [3.63, 3.8) is 0 Å². The Morgan fingerprint density at radius 1 is 1.10 bits per heavy atom. The van der Waals surface area contributed by atoms with Crippen molar-refractivity contribution in [2.24, 2.45) is 0 Å². The Labute approximate surface area is 232 Å². The molecule has 8 heteroatoms. The zero-order chi connectivity index (χ0) is 27.6. The number of hydrogen-bond acceptors (Lipinski definition) is 6. The highest BCUT2D eigenvalue weighted by atomic mass is 16.5. The topological polar surface area (TPSA) is 96.6 Å². The van der Waals surface area contributed by atoms with Crippen LogP contribution >= 0.6 is 0 Å². The maximum atomic E-state index is 12.2. The number of nitrogen functional groups attached to an aromatic ring is 1. The van der Waals surface area contributed by atoms with E-state index in [1.807, 2.05) is 6.07 Å². The average Bonchev–Trinajstić information content (AvgIpc) is 3.28. The number of fused-ring (bicyclic) bond motifs is 2. The molecule has 8 nitrogen and oxygen atoms in total. The predicted molar refractivity (Wildman–Crippen MR) is 155 cm³/mol. The number of esters is 1. The molecule has 5 aromatic rings. The molecule has 1 saturated carbocycles. The molecule has 1 fully saturated rings. The van der Waals surface area contributed by atoms with E-state index in [-0.39, 0.29) is 19.0 Å². The fourth-order valence-electron chi connectivity index (χ4n) is 5.24. The summed E-state index contributed by atoms with van der Waals surface area (Å²) in [6.45, 7) is 9.87. The third-order valence-electron chi connectivity index (χ3n) is 7.52. The summed E-state index contributed by atoms with van der Waals surface area (Å²) < 4.78 is 13.5. The molecule has 1 aliphatic rings. The SMILES string of the molecule is [C-]#[N+]c1cccc(CC(=O)OCC)c1OCc1nn(C2CCC2)c2ccc(-c3ccc4ccnc(N)c4c3)cc12. The first-order chi connectivity index (χ1) is 19.6. The maximum absolute atomic E-state index is 12.2. The molecule has 2 N–H and O–H groups in total. The van der Waals surface area contributed by atoms with Gasteiger partial charge in [0.25, 0.3) is 0 Å². The monoisotopic (exact) mass is 531 g/mol. The van der Waals surface area contributed by atoms with Crippen LogP contribution in [0.4, 0.5) is 11.5 Å². The number of pyridine rings is 1. The van der Waals surface area contributed by atoms with Crippen LogP contribution in [0.3, 0.4) is 0 Å². The summed E-state index contributed by atoms with van der Waals surface area (Å²) in [5.41, 5.74) is 11.1. The number of hydrogen-bond donors (Lipinski definition) is 1. The first-order valence-corrected chi connectivity index (χ1v) is 13.5. The fraction of sp³-hybridized carbons (Fsp3) is 0.250. The van der Waals surface area contributed by atoms with Crippen molar-refractivity contribution in [2.75, 3.05) is 12.3 Å². The van der Waals surface area contributed by atoms with Crippen molar-refractivity contribution in [2.45, 2.75) is 45.3 Å². The van der Waals surface area contributed by atoms with Crippen molar-refractivity contribution >= 4 is 39.1 Å². The fourth-order valence-corrected chi connectivity index (χ4v) is 5.24. The van der Waals surface area contributed by atoms with Gasteiger partial charge in [-0.05, 0) is 72.5 Å². The Balaban J connectivity index is 1.38. The molecule has 0 atom stereocenters. The van der Waals surface area contributed by atoms with Crippen LogP contribution in [0.25, 0.3) is 37.6 Å². The van der Waals surface area contributed by atoms with E-state index in [0.717, 1.165) is 51.3 Å². The summed E-state index contributed by atoms with van der Waals surface area (Å²) in [5.74, 6) is 0.542. The highest BCUT2D eigenvalue weighted by molar-refractivity contribution is 5.95. The number of nitrogens with zero attached hydrogens (tertiary/aromatic N) is 4. The Hall–Kier alpha value is -4.90. The largest absolute Gasteiger partial charge is 0.498 e. The van der Waals surface area contributed by atoms with Gasteiger partial charge in [0.05, 0.1) is 31.2 Å². The Morgan fingerprint density at radius 3 is 2.65 bits per heavy atom. The van der Waals surface area contributed by atoms with Gasteiger partial charge in [-0.1, -0.05) is 36.4 Å². The van der Waals surface area contributed by atoms with Crippen LogP contribution in [0.2, 0.25) is 0 Å². The molecule has 200 valence electrons. The van der Waals surface area contributed by atoms with Crippen LogP contribution in [-0.2, 0) is 22.6 Å². The summed E-state index contributed by atoms with van der Waals surface area (Å²) in [4.78, 5) is 20.1. The van der Waals surface area contributed by atoms with E-state index in [1.54, 1.807) is 31.3 Å². The number of ether oxygens (including phenoxy) is 2. The smallest absolute Gasteiger partial charge is 0.310 e. The van der Waals surface area contributed by atoms with Gasteiger partial charge in [-0.15, -0.1) is 0 Å². The number of anilines is 1. The van der Waals surface area contributed by atoms with Crippen LogP contribution in [0, 0.1) is 6.57 Å². The van der Waals surface area contributed by atoms with E-state index in [9.17, 15) is 4.79 Å². The molecular formula is C32H29N5O3.